The fourth-order valence-corrected chi connectivity index (χ4v) is 1.99. The molecule has 5 nitrogen and oxygen atoms in total. The van der Waals surface area contributed by atoms with Crippen LogP contribution in [0.3, 0.4) is 0 Å². The number of carbonyl (C=O) groups excluding carboxylic acids is 1. The molecule has 0 bridgehead atoms. The minimum absolute atomic E-state index is 0.0474. The number of hydrogen-bond acceptors (Lipinski definition) is 3. The summed E-state index contributed by atoms with van der Waals surface area (Å²) in [4.78, 5) is 13.3. The van der Waals surface area contributed by atoms with Gasteiger partial charge in [0.1, 0.15) is 0 Å². The molecule has 0 aliphatic carbocycles. The predicted molar refractivity (Wildman–Crippen MR) is 54.4 cm³/mol. The molecule has 1 atom stereocenters. The molecule has 1 aliphatic heterocycles. The second-order valence-corrected chi connectivity index (χ2v) is 3.78. The van der Waals surface area contributed by atoms with Gasteiger partial charge in [0, 0.05) is 19.7 Å². The number of aryl methyl sites for hydroxylation is 1. The van der Waals surface area contributed by atoms with Crippen molar-refractivity contribution in [3.63, 3.8) is 0 Å². The standard InChI is InChI=1S/C10H15N3O2/c1-7-6-9(15-12-7)8-4-3-5-13(8)10(14)11-2/h6,8H,3-5H2,1-2H3,(H,11,14)/t8-/m0/s1. The lowest BCUT2D eigenvalue weighted by atomic mass is 10.1. The second-order valence-electron chi connectivity index (χ2n) is 3.78. The van der Waals surface area contributed by atoms with E-state index in [-0.39, 0.29) is 12.1 Å². The van der Waals surface area contributed by atoms with Crippen LogP contribution in [0.1, 0.15) is 30.3 Å². The van der Waals surface area contributed by atoms with Crippen LogP contribution in [-0.2, 0) is 0 Å². The lowest BCUT2D eigenvalue weighted by molar-refractivity contribution is 0.184. The number of aromatic nitrogens is 1. The summed E-state index contributed by atoms with van der Waals surface area (Å²) in [5, 5.41) is 6.49. The van der Waals surface area contributed by atoms with E-state index in [4.69, 9.17) is 4.52 Å². The van der Waals surface area contributed by atoms with E-state index in [0.29, 0.717) is 0 Å². The van der Waals surface area contributed by atoms with Crippen molar-refractivity contribution in [1.29, 1.82) is 0 Å². The molecule has 2 heterocycles. The maximum Gasteiger partial charge on any atom is 0.317 e. The van der Waals surface area contributed by atoms with Crippen LogP contribution in [0.15, 0.2) is 10.6 Å². The highest BCUT2D eigenvalue weighted by Gasteiger charge is 2.31. The molecule has 1 N–H and O–H groups in total. The van der Waals surface area contributed by atoms with Crippen molar-refractivity contribution >= 4 is 6.03 Å². The summed E-state index contributed by atoms with van der Waals surface area (Å²) in [6.45, 7) is 2.66. The summed E-state index contributed by atoms with van der Waals surface area (Å²) in [6, 6.07) is 1.89. The van der Waals surface area contributed by atoms with E-state index in [1.807, 2.05) is 13.0 Å². The monoisotopic (exact) mass is 209 g/mol. The van der Waals surface area contributed by atoms with Gasteiger partial charge < -0.3 is 14.7 Å². The van der Waals surface area contributed by atoms with Gasteiger partial charge in [0.25, 0.3) is 0 Å². The number of nitrogens with one attached hydrogen (secondary N) is 1. The van der Waals surface area contributed by atoms with Gasteiger partial charge in [-0.15, -0.1) is 0 Å². The third kappa shape index (κ3) is 1.82. The van der Waals surface area contributed by atoms with Crippen molar-refractivity contribution in [2.45, 2.75) is 25.8 Å². The topological polar surface area (TPSA) is 58.4 Å². The maximum atomic E-state index is 11.6. The van der Waals surface area contributed by atoms with Crippen LogP contribution in [0.25, 0.3) is 0 Å². The molecular weight excluding hydrogens is 194 g/mol. The van der Waals surface area contributed by atoms with Gasteiger partial charge in [-0.1, -0.05) is 5.16 Å². The molecule has 5 heteroatoms. The largest absolute Gasteiger partial charge is 0.359 e. The minimum Gasteiger partial charge on any atom is -0.359 e. The summed E-state index contributed by atoms with van der Waals surface area (Å²) < 4.78 is 5.20. The van der Waals surface area contributed by atoms with E-state index in [1.165, 1.54) is 0 Å². The molecule has 0 aromatic carbocycles. The summed E-state index contributed by atoms with van der Waals surface area (Å²) in [7, 11) is 1.64. The molecule has 1 aromatic heterocycles. The molecule has 0 unspecified atom stereocenters. The number of hydrogen-bond donors (Lipinski definition) is 1. The van der Waals surface area contributed by atoms with Crippen LogP contribution >= 0.6 is 0 Å². The molecule has 1 fully saturated rings. The normalized spacial score (nSPS) is 20.7. The zero-order valence-corrected chi connectivity index (χ0v) is 8.99. The highest BCUT2D eigenvalue weighted by atomic mass is 16.5. The molecule has 82 valence electrons. The fraction of sp³-hybridized carbons (Fsp3) is 0.600. The van der Waals surface area contributed by atoms with E-state index < -0.39 is 0 Å². The maximum absolute atomic E-state index is 11.6. The average Bonchev–Trinajstić information content (AvgIpc) is 2.84. The third-order valence-corrected chi connectivity index (χ3v) is 2.70. The van der Waals surface area contributed by atoms with Gasteiger partial charge in [0.15, 0.2) is 5.76 Å². The van der Waals surface area contributed by atoms with Crippen LogP contribution in [0, 0.1) is 6.92 Å². The van der Waals surface area contributed by atoms with Gasteiger partial charge in [-0.3, -0.25) is 0 Å². The van der Waals surface area contributed by atoms with E-state index in [1.54, 1.807) is 11.9 Å². The number of carbonyl (C=O) groups is 1. The number of amides is 2. The molecule has 15 heavy (non-hydrogen) atoms. The second kappa shape index (κ2) is 3.92. The Balaban J connectivity index is 2.18. The molecule has 2 amide bonds. The molecule has 0 saturated carbocycles. The van der Waals surface area contributed by atoms with Crippen molar-refractivity contribution in [3.8, 4) is 0 Å². The van der Waals surface area contributed by atoms with Crippen LogP contribution in [0.4, 0.5) is 4.79 Å². The molecule has 1 aliphatic rings. The highest BCUT2D eigenvalue weighted by Crippen LogP contribution is 2.31. The van der Waals surface area contributed by atoms with Gasteiger partial charge in [0.05, 0.1) is 11.7 Å². The first-order valence-electron chi connectivity index (χ1n) is 5.14. The quantitative estimate of drug-likeness (QED) is 0.761. The van der Waals surface area contributed by atoms with Gasteiger partial charge in [-0.2, -0.15) is 0 Å². The van der Waals surface area contributed by atoms with Crippen LogP contribution in [0.5, 0.6) is 0 Å². The molecule has 2 rings (SSSR count). The number of rotatable bonds is 1. The minimum atomic E-state index is -0.0495. The molecule has 1 aromatic rings. The Morgan fingerprint density at radius 2 is 2.53 bits per heavy atom. The van der Waals surface area contributed by atoms with Crippen LogP contribution in [-0.4, -0.2) is 29.7 Å². The van der Waals surface area contributed by atoms with Gasteiger partial charge in [-0.25, -0.2) is 4.79 Å². The predicted octanol–water partition coefficient (Wildman–Crippen LogP) is 1.46. The van der Waals surface area contributed by atoms with Crippen molar-refractivity contribution < 1.29 is 9.32 Å². The Hall–Kier alpha value is -1.52. The fourth-order valence-electron chi connectivity index (χ4n) is 1.99. The first kappa shape index (κ1) is 10.0. The lowest BCUT2D eigenvalue weighted by Crippen LogP contribution is -2.37. The molecule has 0 spiro atoms. The third-order valence-electron chi connectivity index (χ3n) is 2.70. The van der Waals surface area contributed by atoms with Crippen LogP contribution in [0.2, 0.25) is 0 Å². The van der Waals surface area contributed by atoms with Gasteiger partial charge in [-0.05, 0) is 19.8 Å². The van der Waals surface area contributed by atoms with E-state index in [9.17, 15) is 4.79 Å². The van der Waals surface area contributed by atoms with Gasteiger partial charge >= 0.3 is 6.03 Å². The zero-order valence-electron chi connectivity index (χ0n) is 8.99. The first-order chi connectivity index (χ1) is 7.22. The molecular formula is C10H15N3O2. The van der Waals surface area contributed by atoms with Crippen molar-refractivity contribution in [3.05, 3.63) is 17.5 Å². The van der Waals surface area contributed by atoms with Gasteiger partial charge in [0.2, 0.25) is 0 Å². The Morgan fingerprint density at radius 3 is 3.13 bits per heavy atom. The van der Waals surface area contributed by atoms with Crippen molar-refractivity contribution in [2.24, 2.45) is 0 Å². The average molecular weight is 209 g/mol. The lowest BCUT2D eigenvalue weighted by Gasteiger charge is -2.21. The Labute approximate surface area is 88.4 Å². The van der Waals surface area contributed by atoms with E-state index in [0.717, 1.165) is 30.8 Å². The Morgan fingerprint density at radius 1 is 1.73 bits per heavy atom. The zero-order chi connectivity index (χ0) is 10.8. The first-order valence-corrected chi connectivity index (χ1v) is 5.14. The van der Waals surface area contributed by atoms with Crippen molar-refractivity contribution in [1.82, 2.24) is 15.4 Å². The van der Waals surface area contributed by atoms with E-state index in [2.05, 4.69) is 10.5 Å². The number of urea groups is 1. The highest BCUT2D eigenvalue weighted by molar-refractivity contribution is 5.74. The van der Waals surface area contributed by atoms with Crippen molar-refractivity contribution in [2.75, 3.05) is 13.6 Å². The Bertz CT molecular complexity index is 361. The SMILES string of the molecule is CNC(=O)N1CCC[C@H]1c1cc(C)no1. The summed E-state index contributed by atoms with van der Waals surface area (Å²) in [5.74, 6) is 0.786. The Kier molecular flexibility index (Phi) is 2.62. The smallest absolute Gasteiger partial charge is 0.317 e. The number of nitrogens with zero attached hydrogens (tertiary/aromatic N) is 2. The summed E-state index contributed by atoms with van der Waals surface area (Å²) in [6.07, 6.45) is 1.96. The van der Waals surface area contributed by atoms with E-state index >= 15 is 0 Å². The summed E-state index contributed by atoms with van der Waals surface area (Å²) in [5.41, 5.74) is 0.855. The number of likely N-dealkylation sites (tertiary alicyclic amines) is 1. The summed E-state index contributed by atoms with van der Waals surface area (Å²) >= 11 is 0. The molecule has 1 saturated heterocycles. The van der Waals surface area contributed by atoms with Crippen LogP contribution < -0.4 is 5.32 Å². The molecule has 0 radical (unpaired) electrons.